The first-order valence-electron chi connectivity index (χ1n) is 8.12. The second kappa shape index (κ2) is 7.94. The van der Waals surface area contributed by atoms with Crippen molar-refractivity contribution in [3.8, 4) is 11.6 Å². The quantitative estimate of drug-likeness (QED) is 0.693. The number of rotatable bonds is 5. The molecular weight excluding hydrogens is 389 g/mol. The maximum absolute atomic E-state index is 12.4. The van der Waals surface area contributed by atoms with Crippen LogP contribution in [0.1, 0.15) is 18.3 Å². The molecule has 2 heterocycles. The second-order valence-corrected chi connectivity index (χ2v) is 6.77. The van der Waals surface area contributed by atoms with E-state index < -0.39 is 6.10 Å². The lowest BCUT2D eigenvalue weighted by Gasteiger charge is -2.15. The predicted octanol–water partition coefficient (Wildman–Crippen LogP) is 3.99. The molecule has 140 valence electrons. The standard InChI is InChI=1S/C18H17Cl2N5O2/c1-10-6-11(2)25(24-10)17-8-16(21-9-22-17)23-18(26)12(3)27-15-5-4-13(19)7-14(15)20/h4-9,12H,1-3H3,(H,21,22,23,26). The van der Waals surface area contributed by atoms with Crippen molar-refractivity contribution in [1.82, 2.24) is 19.7 Å². The van der Waals surface area contributed by atoms with Gasteiger partial charge in [0.1, 0.15) is 17.9 Å². The van der Waals surface area contributed by atoms with Crippen molar-refractivity contribution in [2.24, 2.45) is 0 Å². The predicted molar refractivity (Wildman–Crippen MR) is 104 cm³/mol. The van der Waals surface area contributed by atoms with Gasteiger partial charge < -0.3 is 10.1 Å². The summed E-state index contributed by atoms with van der Waals surface area (Å²) in [4.78, 5) is 20.7. The van der Waals surface area contributed by atoms with Gasteiger partial charge >= 0.3 is 0 Å². The number of halogens is 2. The molecule has 0 aliphatic rings. The van der Waals surface area contributed by atoms with E-state index >= 15 is 0 Å². The van der Waals surface area contributed by atoms with Crippen LogP contribution in [0.2, 0.25) is 10.0 Å². The van der Waals surface area contributed by atoms with Crippen LogP contribution in [0.5, 0.6) is 5.75 Å². The number of carbonyl (C=O) groups is 1. The van der Waals surface area contributed by atoms with Gasteiger partial charge in [0.15, 0.2) is 11.9 Å². The summed E-state index contributed by atoms with van der Waals surface area (Å²) >= 11 is 11.9. The number of anilines is 1. The molecule has 27 heavy (non-hydrogen) atoms. The van der Waals surface area contributed by atoms with Crippen LogP contribution in [0.25, 0.3) is 5.82 Å². The van der Waals surface area contributed by atoms with E-state index in [-0.39, 0.29) is 5.91 Å². The van der Waals surface area contributed by atoms with Crippen LogP contribution in [0.3, 0.4) is 0 Å². The fraction of sp³-hybridized carbons (Fsp3) is 0.222. The van der Waals surface area contributed by atoms with Crippen LogP contribution < -0.4 is 10.1 Å². The van der Waals surface area contributed by atoms with E-state index in [0.717, 1.165) is 11.4 Å². The van der Waals surface area contributed by atoms with Gasteiger partial charge in [0.05, 0.1) is 10.7 Å². The van der Waals surface area contributed by atoms with Gasteiger partial charge in [0, 0.05) is 16.8 Å². The van der Waals surface area contributed by atoms with Crippen LogP contribution in [0.4, 0.5) is 5.82 Å². The molecule has 9 heteroatoms. The average Bonchev–Trinajstić information content (AvgIpc) is 2.96. The number of amides is 1. The lowest BCUT2D eigenvalue weighted by Crippen LogP contribution is -2.30. The Labute approximate surface area is 166 Å². The lowest BCUT2D eigenvalue weighted by atomic mass is 10.3. The normalized spacial score (nSPS) is 11.9. The number of nitrogens with zero attached hydrogens (tertiary/aromatic N) is 4. The summed E-state index contributed by atoms with van der Waals surface area (Å²) in [6.45, 7) is 5.43. The van der Waals surface area contributed by atoms with Crippen LogP contribution in [-0.4, -0.2) is 31.8 Å². The smallest absolute Gasteiger partial charge is 0.266 e. The molecule has 1 N–H and O–H groups in total. The minimum Gasteiger partial charge on any atom is -0.479 e. The summed E-state index contributed by atoms with van der Waals surface area (Å²) < 4.78 is 7.29. The number of hydrogen-bond acceptors (Lipinski definition) is 5. The third kappa shape index (κ3) is 4.56. The highest BCUT2D eigenvalue weighted by Crippen LogP contribution is 2.28. The third-order valence-corrected chi connectivity index (χ3v) is 4.23. The van der Waals surface area contributed by atoms with Crippen molar-refractivity contribution in [2.45, 2.75) is 26.9 Å². The Bertz CT molecular complexity index is 990. The molecule has 2 aromatic heterocycles. The minimum absolute atomic E-state index is 0.330. The number of hydrogen-bond donors (Lipinski definition) is 1. The number of nitrogens with one attached hydrogen (secondary N) is 1. The van der Waals surface area contributed by atoms with Crippen LogP contribution in [-0.2, 0) is 4.79 Å². The van der Waals surface area contributed by atoms with Crippen molar-refractivity contribution >= 4 is 34.9 Å². The average molecular weight is 406 g/mol. The molecule has 0 fully saturated rings. The number of carbonyl (C=O) groups excluding carboxylic acids is 1. The van der Waals surface area contributed by atoms with E-state index in [0.29, 0.717) is 27.4 Å². The minimum atomic E-state index is -0.796. The summed E-state index contributed by atoms with van der Waals surface area (Å²) in [6.07, 6.45) is 0.568. The van der Waals surface area contributed by atoms with Crippen molar-refractivity contribution in [3.05, 3.63) is 58.1 Å². The lowest BCUT2D eigenvalue weighted by molar-refractivity contribution is -0.122. The Morgan fingerprint density at radius 2 is 1.96 bits per heavy atom. The molecule has 0 bridgehead atoms. The fourth-order valence-electron chi connectivity index (χ4n) is 2.43. The first kappa shape index (κ1) is 19.1. The molecule has 0 saturated carbocycles. The third-order valence-electron chi connectivity index (χ3n) is 3.70. The van der Waals surface area contributed by atoms with Gasteiger partial charge in [0.2, 0.25) is 0 Å². The maximum Gasteiger partial charge on any atom is 0.266 e. The Kier molecular flexibility index (Phi) is 5.62. The SMILES string of the molecule is Cc1cc(C)n(-c2cc(NC(=O)C(C)Oc3ccc(Cl)cc3Cl)ncn2)n1. The Hall–Kier alpha value is -2.64. The topological polar surface area (TPSA) is 81.9 Å². The molecule has 1 unspecified atom stereocenters. The zero-order chi connectivity index (χ0) is 19.6. The first-order chi connectivity index (χ1) is 12.8. The molecule has 3 rings (SSSR count). The fourth-order valence-corrected chi connectivity index (χ4v) is 2.89. The van der Waals surface area contributed by atoms with Crippen molar-refractivity contribution in [3.63, 3.8) is 0 Å². The molecular formula is C18H17Cl2N5O2. The molecule has 0 aliphatic carbocycles. The summed E-state index contributed by atoms with van der Waals surface area (Å²) in [7, 11) is 0. The molecule has 1 aromatic carbocycles. The molecule has 1 atom stereocenters. The highest BCUT2D eigenvalue weighted by Gasteiger charge is 2.17. The monoisotopic (exact) mass is 405 g/mol. The highest BCUT2D eigenvalue weighted by atomic mass is 35.5. The molecule has 3 aromatic rings. The van der Waals surface area contributed by atoms with Gasteiger partial charge in [0.25, 0.3) is 5.91 Å². The van der Waals surface area contributed by atoms with Gasteiger partial charge in [-0.05, 0) is 45.0 Å². The van der Waals surface area contributed by atoms with E-state index in [1.54, 1.807) is 35.9 Å². The Morgan fingerprint density at radius 1 is 1.19 bits per heavy atom. The van der Waals surface area contributed by atoms with Gasteiger partial charge in [-0.1, -0.05) is 23.2 Å². The van der Waals surface area contributed by atoms with Gasteiger partial charge in [-0.2, -0.15) is 5.10 Å². The number of aryl methyl sites for hydroxylation is 2. The summed E-state index contributed by atoms with van der Waals surface area (Å²) in [5.74, 6) is 0.893. The van der Waals surface area contributed by atoms with E-state index in [1.807, 2.05) is 19.9 Å². The van der Waals surface area contributed by atoms with Crippen LogP contribution >= 0.6 is 23.2 Å². The molecule has 0 aliphatic heterocycles. The molecule has 1 amide bonds. The molecule has 0 saturated heterocycles. The van der Waals surface area contributed by atoms with Gasteiger partial charge in [-0.3, -0.25) is 4.79 Å². The van der Waals surface area contributed by atoms with E-state index in [2.05, 4.69) is 20.4 Å². The highest BCUT2D eigenvalue weighted by molar-refractivity contribution is 6.35. The number of benzene rings is 1. The van der Waals surface area contributed by atoms with E-state index in [4.69, 9.17) is 27.9 Å². The Balaban J connectivity index is 1.72. The maximum atomic E-state index is 12.4. The van der Waals surface area contributed by atoms with Crippen molar-refractivity contribution in [2.75, 3.05) is 5.32 Å². The molecule has 0 radical (unpaired) electrons. The second-order valence-electron chi connectivity index (χ2n) is 5.92. The van der Waals surface area contributed by atoms with Gasteiger partial charge in [-0.25, -0.2) is 14.6 Å². The van der Waals surface area contributed by atoms with Crippen molar-refractivity contribution in [1.29, 1.82) is 0 Å². The summed E-state index contributed by atoms with van der Waals surface area (Å²) in [6, 6.07) is 8.37. The summed E-state index contributed by atoms with van der Waals surface area (Å²) in [5.41, 5.74) is 1.80. The number of aromatic nitrogens is 4. The molecule has 7 nitrogen and oxygen atoms in total. The molecule has 0 spiro atoms. The van der Waals surface area contributed by atoms with Crippen molar-refractivity contribution < 1.29 is 9.53 Å². The number of ether oxygens (including phenoxy) is 1. The zero-order valence-corrected chi connectivity index (χ0v) is 16.4. The largest absolute Gasteiger partial charge is 0.479 e. The van der Waals surface area contributed by atoms with Crippen LogP contribution in [0.15, 0.2) is 36.7 Å². The zero-order valence-electron chi connectivity index (χ0n) is 14.9. The van der Waals surface area contributed by atoms with Gasteiger partial charge in [-0.15, -0.1) is 0 Å². The van der Waals surface area contributed by atoms with E-state index in [1.165, 1.54) is 6.33 Å². The Morgan fingerprint density at radius 3 is 2.63 bits per heavy atom. The summed E-state index contributed by atoms with van der Waals surface area (Å²) in [5, 5.41) is 7.89. The first-order valence-corrected chi connectivity index (χ1v) is 8.87. The van der Waals surface area contributed by atoms with Crippen LogP contribution in [0, 0.1) is 13.8 Å². The van der Waals surface area contributed by atoms with E-state index in [9.17, 15) is 4.79 Å².